The Hall–Kier alpha value is -7.37. The molecule has 4 aromatic heterocycles. The lowest BCUT2D eigenvalue weighted by molar-refractivity contribution is 0.606. The molecule has 9 rings (SSSR count). The molecule has 60 heavy (non-hydrogen) atoms. The van der Waals surface area contributed by atoms with Gasteiger partial charge in [-0.1, -0.05) is 91.0 Å². The van der Waals surface area contributed by atoms with Gasteiger partial charge in [0.15, 0.2) is 0 Å². The van der Waals surface area contributed by atoms with Gasteiger partial charge in [-0.25, -0.2) is 13.2 Å². The molecule has 5 nitrogen and oxygen atoms in total. The first-order valence-electron chi connectivity index (χ1n) is 23.8. The van der Waals surface area contributed by atoms with Crippen LogP contribution in [0.3, 0.4) is 0 Å². The van der Waals surface area contributed by atoms with Crippen LogP contribution in [0.15, 0.2) is 156 Å². The number of fused-ring (bicyclic) bond motifs is 3. The molecule has 0 bridgehead atoms. The number of aryl methyl sites for hydroxylation is 6. The summed E-state index contributed by atoms with van der Waals surface area (Å²) >= 11 is 0. The molecular weight excluding hydrogens is 754 g/mol. The predicted molar refractivity (Wildman–Crippen MR) is 230 cm³/mol. The van der Waals surface area contributed by atoms with E-state index in [-0.39, 0.29) is 73.7 Å². The third-order valence-corrected chi connectivity index (χ3v) is 9.83. The lowest BCUT2D eigenvalue weighted by atomic mass is 9.94. The summed E-state index contributed by atoms with van der Waals surface area (Å²) in [6.45, 7) is 0. The van der Waals surface area contributed by atoms with Crippen LogP contribution in [0.2, 0.25) is 0 Å². The van der Waals surface area contributed by atoms with Gasteiger partial charge in [0.1, 0.15) is 28.6 Å². The molecule has 0 spiro atoms. The molecule has 0 aliphatic heterocycles. The summed E-state index contributed by atoms with van der Waals surface area (Å²) in [4.78, 5) is 13.0. The van der Waals surface area contributed by atoms with E-state index in [1.807, 2.05) is 6.07 Å². The van der Waals surface area contributed by atoms with Gasteiger partial charge in [-0.05, 0) is 79.2 Å². The number of furan rings is 1. The van der Waals surface area contributed by atoms with Crippen LogP contribution < -0.4 is 0 Å². The van der Waals surface area contributed by atoms with Crippen LogP contribution in [0.25, 0.3) is 55.7 Å². The van der Waals surface area contributed by atoms with Gasteiger partial charge in [0, 0.05) is 91.9 Å². The fourth-order valence-corrected chi connectivity index (χ4v) is 6.75. The molecule has 0 amide bonds. The van der Waals surface area contributed by atoms with Crippen molar-refractivity contribution in [1.82, 2.24) is 15.0 Å². The monoisotopic (exact) mass is 800 g/mol. The highest BCUT2D eigenvalue weighted by molar-refractivity contribution is 6.09. The molecule has 8 heteroatoms. The van der Waals surface area contributed by atoms with Gasteiger partial charge in [0.25, 0.3) is 0 Å². The molecule has 292 valence electrons. The van der Waals surface area contributed by atoms with Crippen molar-refractivity contribution in [3.8, 4) is 39.8 Å². The van der Waals surface area contributed by atoms with E-state index in [1.54, 1.807) is 72.8 Å². The minimum absolute atomic E-state index is 0.0116. The summed E-state index contributed by atoms with van der Waals surface area (Å²) in [6, 6.07) is 31.2. The van der Waals surface area contributed by atoms with Crippen LogP contribution in [0, 0.1) is 28.8 Å². The predicted octanol–water partition coefficient (Wildman–Crippen LogP) is 12.4. The molecule has 0 radical (unpaired) electrons. The normalized spacial score (nSPS) is 14.7. The van der Waals surface area contributed by atoms with Gasteiger partial charge in [0.2, 0.25) is 0 Å². The topological polar surface area (TPSA) is 75.6 Å². The number of hydrogen-bond donors (Lipinski definition) is 0. The van der Waals surface area contributed by atoms with Gasteiger partial charge in [-0.2, -0.15) is 5.26 Å². The highest BCUT2D eigenvalue weighted by atomic mass is 19.1. The Morgan fingerprint density at radius 1 is 0.567 bits per heavy atom. The van der Waals surface area contributed by atoms with E-state index in [9.17, 15) is 16.2 Å². The van der Waals surface area contributed by atoms with Crippen LogP contribution >= 0.6 is 0 Å². The van der Waals surface area contributed by atoms with Gasteiger partial charge >= 0.3 is 0 Å². The second-order valence-electron chi connectivity index (χ2n) is 13.8. The summed E-state index contributed by atoms with van der Waals surface area (Å²) in [5.41, 5.74) is -0.657. The van der Waals surface area contributed by atoms with E-state index in [4.69, 9.17) is 7.16 Å². The van der Waals surface area contributed by atoms with Gasteiger partial charge < -0.3 is 4.42 Å². The number of benzene rings is 5. The number of aromatic nitrogens is 3. The molecule has 0 saturated heterocycles. The summed E-state index contributed by atoms with van der Waals surface area (Å²) in [6.07, 6.45) is -9.93. The maximum Gasteiger partial charge on any atom is 0.144 e. The molecule has 0 saturated carbocycles. The van der Waals surface area contributed by atoms with Crippen LogP contribution in [-0.4, -0.2) is 15.0 Å². The first-order valence-corrected chi connectivity index (χ1v) is 18.8. The SMILES string of the molecule is [2H]c1cc2c(oc3c(-c4cc(F)c(C([2H])([2H])C([2H])([2H])c5cc(C([2H])([2H])Cc6cnc(-c7ccccc7)cc6F)cc(C([2H])([2H])Cc6cnc(-c7ccccc7)cc6F)c5)cn4)cccc32)c([2H])c1C#N. The number of hydrogen-bond acceptors (Lipinski definition) is 5. The van der Waals surface area contributed by atoms with Crippen LogP contribution in [0.4, 0.5) is 13.2 Å². The Kier molecular flexibility index (Phi) is 7.90. The van der Waals surface area contributed by atoms with E-state index < -0.39 is 66.9 Å². The minimum Gasteiger partial charge on any atom is -0.455 e. The van der Waals surface area contributed by atoms with Gasteiger partial charge in [-0.15, -0.1) is 0 Å². The Bertz CT molecular complexity index is 3430. The number of pyridine rings is 3. The molecule has 4 heterocycles. The van der Waals surface area contributed by atoms with Crippen LogP contribution in [0.5, 0.6) is 0 Å². The highest BCUT2D eigenvalue weighted by Crippen LogP contribution is 2.36. The van der Waals surface area contributed by atoms with Crippen molar-refractivity contribution in [2.75, 3.05) is 0 Å². The van der Waals surface area contributed by atoms with E-state index in [0.29, 0.717) is 21.9 Å². The molecule has 5 aromatic carbocycles. The quantitative estimate of drug-likeness (QED) is 0.123. The standard InChI is InChI=1S/C52H37F3N4O/c53-45-26-48(37-8-3-1-4-9-37)57-30-39(45)18-14-33-22-34(15-19-40-31-58-49(27-46(40)54)38-10-5-2-6-11-38)24-35(23-33)16-20-41-32-59-50(28-47(41)55)44-13-7-12-43-42-21-17-36(29-56)25-51(42)60-52(43)44/h1-13,17,21-28,30-32H,14-16,18-20H2/i14D2,15D2,16D2,17D,20D2,25D. The van der Waals surface area contributed by atoms with E-state index in [1.165, 1.54) is 24.5 Å². The van der Waals surface area contributed by atoms with E-state index in [0.717, 1.165) is 42.6 Å². The third kappa shape index (κ3) is 8.16. The molecule has 0 aliphatic rings. The fourth-order valence-electron chi connectivity index (χ4n) is 6.75. The Labute approximate surface area is 359 Å². The molecule has 9 aromatic rings. The Morgan fingerprint density at radius 3 is 1.67 bits per heavy atom. The minimum atomic E-state index is -3.30. The number of nitriles is 1. The van der Waals surface area contributed by atoms with Crippen molar-refractivity contribution in [1.29, 1.82) is 5.26 Å². The Morgan fingerprint density at radius 2 is 1.10 bits per heavy atom. The summed E-state index contributed by atoms with van der Waals surface area (Å²) in [5.74, 6) is -2.83. The van der Waals surface area contributed by atoms with Gasteiger partial charge in [0.05, 0.1) is 31.5 Å². The maximum atomic E-state index is 16.5. The smallest absolute Gasteiger partial charge is 0.144 e. The van der Waals surface area contributed by atoms with Crippen molar-refractivity contribution < 1.29 is 31.3 Å². The summed E-state index contributed by atoms with van der Waals surface area (Å²) in [7, 11) is 0. The zero-order chi connectivity index (χ0) is 49.9. The van der Waals surface area contributed by atoms with Crippen molar-refractivity contribution in [2.24, 2.45) is 0 Å². The first-order chi connectivity index (χ1) is 33.2. The fraction of sp³-hybridized carbons (Fsp3) is 0.115. The van der Waals surface area contributed by atoms with Crippen molar-refractivity contribution >= 4 is 21.9 Å². The molecule has 0 aliphatic carbocycles. The average molecular weight is 801 g/mol. The summed E-state index contributed by atoms with van der Waals surface area (Å²) < 4.78 is 145. The van der Waals surface area contributed by atoms with E-state index >= 15 is 13.2 Å². The number of halogens is 3. The van der Waals surface area contributed by atoms with Crippen LogP contribution in [0.1, 0.15) is 52.7 Å². The molecular formula is C52H37F3N4O. The van der Waals surface area contributed by atoms with Crippen molar-refractivity contribution in [3.05, 3.63) is 208 Å². The highest BCUT2D eigenvalue weighted by Gasteiger charge is 2.16. The molecule has 0 atom stereocenters. The zero-order valence-corrected chi connectivity index (χ0v) is 31.5. The largest absolute Gasteiger partial charge is 0.455 e. The zero-order valence-electron chi connectivity index (χ0n) is 41.5. The molecule has 0 fully saturated rings. The lowest BCUT2D eigenvalue weighted by Gasteiger charge is -2.12. The number of para-hydroxylation sites is 1. The number of rotatable bonds is 12. The second-order valence-corrected chi connectivity index (χ2v) is 13.8. The Balaban J connectivity index is 1.11. The first kappa shape index (κ1) is 28.1. The van der Waals surface area contributed by atoms with Crippen molar-refractivity contribution in [3.63, 3.8) is 0 Å². The molecule has 0 unspecified atom stereocenters. The lowest BCUT2D eigenvalue weighted by Crippen LogP contribution is -2.03. The molecule has 0 N–H and O–H groups in total. The third-order valence-electron chi connectivity index (χ3n) is 9.83. The summed E-state index contributed by atoms with van der Waals surface area (Å²) in [5, 5.41) is 10.3. The maximum absolute atomic E-state index is 16.5. The van der Waals surface area contributed by atoms with Crippen LogP contribution in [-0.2, 0) is 38.3 Å². The van der Waals surface area contributed by atoms with Crippen molar-refractivity contribution in [2.45, 2.75) is 38.3 Å². The number of nitrogens with zero attached hydrogens (tertiary/aromatic N) is 4. The van der Waals surface area contributed by atoms with Gasteiger partial charge in [-0.3, -0.25) is 15.0 Å². The second kappa shape index (κ2) is 16.8. The van der Waals surface area contributed by atoms with E-state index in [2.05, 4.69) is 15.0 Å². The average Bonchev–Trinajstić information content (AvgIpc) is 3.72.